The number of nitrogens with zero attached hydrogens (tertiary/aromatic N) is 2. The normalized spacial score (nSPS) is 28.1. The van der Waals surface area contributed by atoms with Gasteiger partial charge < -0.3 is 9.47 Å². The number of methoxy groups -OCH3 is 1. The lowest BCUT2D eigenvalue weighted by atomic mass is 9.72. The van der Waals surface area contributed by atoms with Gasteiger partial charge in [-0.15, -0.1) is 0 Å². The molecule has 0 N–H and O–H groups in total. The van der Waals surface area contributed by atoms with Gasteiger partial charge in [-0.2, -0.15) is 0 Å². The molecule has 0 radical (unpaired) electrons. The molecule has 27 heavy (non-hydrogen) atoms. The van der Waals surface area contributed by atoms with Crippen LogP contribution in [0.2, 0.25) is 0 Å². The molecule has 0 spiro atoms. The van der Waals surface area contributed by atoms with Crippen LogP contribution in [0.15, 0.2) is 30.5 Å². The van der Waals surface area contributed by atoms with Crippen molar-refractivity contribution in [1.29, 1.82) is 0 Å². The van der Waals surface area contributed by atoms with E-state index in [1.165, 1.54) is 19.8 Å². The molecule has 3 fully saturated rings. The number of carbonyl (C=O) groups excluding carboxylic acids is 1. The minimum atomic E-state index is -0.277. The minimum absolute atomic E-state index is 0.229. The van der Waals surface area contributed by atoms with Gasteiger partial charge in [0.25, 0.3) is 0 Å². The largest absolute Gasteiger partial charge is 0.497 e. The smallest absolute Gasteiger partial charge is 0.303 e. The van der Waals surface area contributed by atoms with Crippen molar-refractivity contribution in [2.24, 2.45) is 11.8 Å². The fourth-order valence-electron chi connectivity index (χ4n) is 5.01. The third-order valence-corrected chi connectivity index (χ3v) is 6.39. The first-order valence-corrected chi connectivity index (χ1v) is 9.94. The third-order valence-electron chi connectivity index (χ3n) is 6.39. The van der Waals surface area contributed by atoms with Crippen molar-refractivity contribution in [3.63, 3.8) is 0 Å². The molecule has 0 saturated carbocycles. The Kier molecular flexibility index (Phi) is 5.04. The van der Waals surface area contributed by atoms with Crippen molar-refractivity contribution in [3.05, 3.63) is 36.0 Å². The summed E-state index contributed by atoms with van der Waals surface area (Å²) in [7, 11) is 1.66. The number of rotatable bonds is 5. The number of hydrogen-bond donors (Lipinski definition) is 0. The number of carbonyl (C=O) groups is 1. The van der Waals surface area contributed by atoms with E-state index in [4.69, 9.17) is 9.47 Å². The van der Waals surface area contributed by atoms with Gasteiger partial charge in [0.05, 0.1) is 18.7 Å². The second kappa shape index (κ2) is 7.47. The van der Waals surface area contributed by atoms with Gasteiger partial charge in [0.1, 0.15) is 11.9 Å². The Morgan fingerprint density at radius 3 is 2.89 bits per heavy atom. The van der Waals surface area contributed by atoms with Gasteiger partial charge in [0, 0.05) is 30.6 Å². The second-order valence-corrected chi connectivity index (χ2v) is 7.83. The molecule has 1 aromatic carbocycles. The summed E-state index contributed by atoms with van der Waals surface area (Å²) in [6.45, 7) is 5.99. The highest BCUT2D eigenvalue weighted by molar-refractivity contribution is 5.84. The Morgan fingerprint density at radius 1 is 1.37 bits per heavy atom. The van der Waals surface area contributed by atoms with E-state index in [2.05, 4.69) is 16.8 Å². The van der Waals surface area contributed by atoms with Crippen LogP contribution in [0.5, 0.6) is 5.75 Å². The standard InChI is InChI=1S/C22H28N2O3/c1-4-15-13-24-10-8-16(15)11-21(24)22(27-14(2)25)18-7-9-23-20-6-5-17(26-3)12-19(18)20/h5-7,9,12,15-16,21-22H,4,8,10-11,13H2,1-3H3/t15-,16+,21+,22+/m1/s1. The first-order chi connectivity index (χ1) is 13.1. The molecule has 1 aromatic heterocycles. The summed E-state index contributed by atoms with van der Waals surface area (Å²) < 4.78 is 11.3. The molecule has 3 aliphatic rings. The van der Waals surface area contributed by atoms with E-state index < -0.39 is 0 Å². The van der Waals surface area contributed by atoms with E-state index in [9.17, 15) is 4.79 Å². The number of esters is 1. The molecular weight excluding hydrogens is 340 g/mol. The molecule has 144 valence electrons. The zero-order valence-electron chi connectivity index (χ0n) is 16.4. The molecule has 5 nitrogen and oxygen atoms in total. The lowest BCUT2D eigenvalue weighted by Crippen LogP contribution is -2.55. The van der Waals surface area contributed by atoms with Crippen molar-refractivity contribution in [2.75, 3.05) is 20.2 Å². The van der Waals surface area contributed by atoms with Crippen LogP contribution >= 0.6 is 0 Å². The number of fused-ring (bicyclic) bond motifs is 4. The van der Waals surface area contributed by atoms with E-state index in [1.54, 1.807) is 7.11 Å². The number of ether oxygens (including phenoxy) is 2. The predicted octanol–water partition coefficient (Wildman–Crippen LogP) is 3.97. The average Bonchev–Trinajstić information content (AvgIpc) is 2.71. The summed E-state index contributed by atoms with van der Waals surface area (Å²) in [6.07, 6.45) is 5.10. The molecule has 2 aromatic rings. The van der Waals surface area contributed by atoms with Crippen molar-refractivity contribution >= 4 is 16.9 Å². The molecule has 1 unspecified atom stereocenters. The van der Waals surface area contributed by atoms with Gasteiger partial charge in [-0.25, -0.2) is 0 Å². The van der Waals surface area contributed by atoms with Crippen LogP contribution in [-0.2, 0) is 9.53 Å². The Labute approximate surface area is 160 Å². The van der Waals surface area contributed by atoms with Crippen LogP contribution in [0, 0.1) is 11.8 Å². The zero-order chi connectivity index (χ0) is 19.0. The highest BCUT2D eigenvalue weighted by Crippen LogP contribution is 2.44. The first kappa shape index (κ1) is 18.2. The minimum Gasteiger partial charge on any atom is -0.497 e. The van der Waals surface area contributed by atoms with Crippen LogP contribution < -0.4 is 4.74 Å². The third kappa shape index (κ3) is 3.41. The molecule has 5 heteroatoms. The fraction of sp³-hybridized carbons (Fsp3) is 0.545. The summed E-state index contributed by atoms with van der Waals surface area (Å²) in [4.78, 5) is 19.0. The first-order valence-electron chi connectivity index (χ1n) is 9.94. The molecule has 5 rings (SSSR count). The molecule has 3 aliphatic heterocycles. The molecule has 3 saturated heterocycles. The van der Waals surface area contributed by atoms with Gasteiger partial charge in [-0.05, 0) is 55.5 Å². The number of pyridine rings is 1. The molecule has 4 heterocycles. The summed E-state index contributed by atoms with van der Waals surface area (Å²) in [5.74, 6) is 2.05. The maximum absolute atomic E-state index is 12.0. The topological polar surface area (TPSA) is 51.7 Å². The number of benzene rings is 1. The van der Waals surface area contributed by atoms with Crippen LogP contribution in [0.25, 0.3) is 10.9 Å². The van der Waals surface area contributed by atoms with Crippen molar-refractivity contribution in [3.8, 4) is 5.75 Å². The lowest BCUT2D eigenvalue weighted by Gasteiger charge is -2.51. The maximum atomic E-state index is 12.0. The Hall–Kier alpha value is -2.14. The number of hydrogen-bond acceptors (Lipinski definition) is 5. The van der Waals surface area contributed by atoms with E-state index in [1.807, 2.05) is 30.5 Å². The van der Waals surface area contributed by atoms with Gasteiger partial charge >= 0.3 is 5.97 Å². The van der Waals surface area contributed by atoms with Crippen LogP contribution in [0.4, 0.5) is 0 Å². The second-order valence-electron chi connectivity index (χ2n) is 7.83. The van der Waals surface area contributed by atoms with E-state index >= 15 is 0 Å². The van der Waals surface area contributed by atoms with Crippen molar-refractivity contribution < 1.29 is 14.3 Å². The van der Waals surface area contributed by atoms with Gasteiger partial charge in [0.15, 0.2) is 0 Å². The van der Waals surface area contributed by atoms with Crippen molar-refractivity contribution in [1.82, 2.24) is 9.88 Å². The van der Waals surface area contributed by atoms with E-state index in [0.717, 1.165) is 53.6 Å². The molecule has 5 atom stereocenters. The number of piperidine rings is 3. The van der Waals surface area contributed by atoms with E-state index in [-0.39, 0.29) is 18.1 Å². The van der Waals surface area contributed by atoms with Crippen LogP contribution in [0.1, 0.15) is 44.8 Å². The monoisotopic (exact) mass is 368 g/mol. The van der Waals surface area contributed by atoms with Gasteiger partial charge in [0.2, 0.25) is 0 Å². The highest BCUT2D eigenvalue weighted by Gasteiger charge is 2.44. The zero-order valence-corrected chi connectivity index (χ0v) is 16.4. The van der Waals surface area contributed by atoms with Gasteiger partial charge in [-0.3, -0.25) is 14.7 Å². The summed E-state index contributed by atoms with van der Waals surface area (Å²) in [6, 6.07) is 8.10. The number of aromatic nitrogens is 1. The van der Waals surface area contributed by atoms with Crippen molar-refractivity contribution in [2.45, 2.75) is 45.3 Å². The summed E-state index contributed by atoms with van der Waals surface area (Å²) >= 11 is 0. The molecular formula is C22H28N2O3. The fourth-order valence-corrected chi connectivity index (χ4v) is 5.01. The highest BCUT2D eigenvalue weighted by atomic mass is 16.5. The summed E-state index contributed by atoms with van der Waals surface area (Å²) in [5.41, 5.74) is 1.92. The molecule has 0 amide bonds. The quantitative estimate of drug-likeness (QED) is 0.748. The Bertz CT molecular complexity index is 837. The molecule has 2 bridgehead atoms. The predicted molar refractivity (Wildman–Crippen MR) is 105 cm³/mol. The van der Waals surface area contributed by atoms with Crippen LogP contribution in [-0.4, -0.2) is 42.1 Å². The lowest BCUT2D eigenvalue weighted by molar-refractivity contribution is -0.155. The Morgan fingerprint density at radius 2 is 2.22 bits per heavy atom. The molecule has 0 aliphatic carbocycles. The Balaban J connectivity index is 1.75. The maximum Gasteiger partial charge on any atom is 0.303 e. The summed E-state index contributed by atoms with van der Waals surface area (Å²) in [5, 5.41) is 0.998. The SMILES string of the molecule is CC[C@@H]1CN2CC[C@H]1C[C@H]2[C@@H](OC(C)=O)c1ccnc2ccc(OC)cc12. The van der Waals surface area contributed by atoms with Crippen LogP contribution in [0.3, 0.4) is 0 Å². The van der Waals surface area contributed by atoms with Gasteiger partial charge in [-0.1, -0.05) is 13.3 Å². The van der Waals surface area contributed by atoms with E-state index in [0.29, 0.717) is 0 Å². The average molecular weight is 368 g/mol.